The largest absolute Gasteiger partial charge is 0.478 e. The van der Waals surface area contributed by atoms with Gasteiger partial charge >= 0.3 is 12.0 Å². The van der Waals surface area contributed by atoms with Crippen molar-refractivity contribution < 1.29 is 19.1 Å². The van der Waals surface area contributed by atoms with Crippen LogP contribution in [0.1, 0.15) is 37.0 Å². The highest BCUT2D eigenvalue weighted by Gasteiger charge is 2.14. The summed E-state index contributed by atoms with van der Waals surface area (Å²) in [6.07, 6.45) is 1.84. The van der Waals surface area contributed by atoms with E-state index in [9.17, 15) is 14.0 Å². The quantitative estimate of drug-likeness (QED) is 0.842. The number of halogens is 1. The molecule has 0 bridgehead atoms. The molecule has 1 aromatic carbocycles. The second-order valence-electron chi connectivity index (χ2n) is 4.36. The van der Waals surface area contributed by atoms with E-state index in [0.717, 1.165) is 18.9 Å². The van der Waals surface area contributed by atoms with E-state index in [1.54, 1.807) is 4.90 Å². The number of carbonyl (C=O) groups is 2. The van der Waals surface area contributed by atoms with Crippen molar-refractivity contribution in [3.63, 3.8) is 0 Å². The van der Waals surface area contributed by atoms with Gasteiger partial charge < -0.3 is 15.3 Å². The zero-order chi connectivity index (χ0) is 15.1. The summed E-state index contributed by atoms with van der Waals surface area (Å²) in [5, 5.41) is 11.2. The zero-order valence-corrected chi connectivity index (χ0v) is 11.6. The van der Waals surface area contributed by atoms with Gasteiger partial charge in [-0.2, -0.15) is 0 Å². The summed E-state index contributed by atoms with van der Waals surface area (Å²) in [5.41, 5.74) is -0.172. The summed E-state index contributed by atoms with van der Waals surface area (Å²) in [6, 6.07) is 3.01. The van der Waals surface area contributed by atoms with Crippen molar-refractivity contribution in [1.29, 1.82) is 0 Å². The molecule has 0 aromatic heterocycles. The Bertz CT molecular complexity index is 491. The molecule has 0 unspecified atom stereocenters. The van der Waals surface area contributed by atoms with Crippen molar-refractivity contribution >= 4 is 17.7 Å². The number of nitrogens with one attached hydrogen (secondary N) is 1. The third-order valence-electron chi connectivity index (χ3n) is 2.91. The minimum atomic E-state index is -1.21. The van der Waals surface area contributed by atoms with E-state index in [0.29, 0.717) is 13.1 Å². The number of carboxylic acid groups (broad SMARTS) is 1. The zero-order valence-electron chi connectivity index (χ0n) is 11.6. The topological polar surface area (TPSA) is 69.6 Å². The van der Waals surface area contributed by atoms with Crippen LogP contribution in [-0.2, 0) is 0 Å². The number of carbonyl (C=O) groups excluding carboxylic acids is 1. The number of hydrogen-bond donors (Lipinski definition) is 2. The molecule has 0 heterocycles. The molecule has 20 heavy (non-hydrogen) atoms. The summed E-state index contributed by atoms with van der Waals surface area (Å²) in [4.78, 5) is 24.2. The number of benzene rings is 1. The van der Waals surface area contributed by atoms with Crippen molar-refractivity contribution in [3.05, 3.63) is 29.6 Å². The van der Waals surface area contributed by atoms with E-state index in [4.69, 9.17) is 5.11 Å². The molecule has 1 aromatic rings. The average molecular weight is 282 g/mol. The van der Waals surface area contributed by atoms with Crippen molar-refractivity contribution in [3.8, 4) is 0 Å². The van der Waals surface area contributed by atoms with Gasteiger partial charge in [-0.05, 0) is 31.5 Å². The van der Waals surface area contributed by atoms with Gasteiger partial charge in [0.25, 0.3) is 0 Å². The van der Waals surface area contributed by atoms with E-state index >= 15 is 0 Å². The number of carboxylic acids is 1. The first-order valence-corrected chi connectivity index (χ1v) is 6.58. The lowest BCUT2D eigenvalue weighted by Crippen LogP contribution is -2.35. The monoisotopic (exact) mass is 282 g/mol. The van der Waals surface area contributed by atoms with Crippen LogP contribution in [0, 0.1) is 5.82 Å². The van der Waals surface area contributed by atoms with Crippen LogP contribution in [0.4, 0.5) is 14.9 Å². The number of nitrogens with zero attached hydrogens (tertiary/aromatic N) is 1. The molecule has 6 heteroatoms. The van der Waals surface area contributed by atoms with E-state index < -0.39 is 11.8 Å². The molecule has 2 N–H and O–H groups in total. The molecule has 1 rings (SSSR count). The highest BCUT2D eigenvalue weighted by molar-refractivity contribution is 5.91. The SMILES string of the molecule is CCCCN(CC)C(=O)Nc1ccc(C(=O)O)cc1F. The molecule has 0 aliphatic heterocycles. The molecule has 5 nitrogen and oxygen atoms in total. The maximum absolute atomic E-state index is 13.7. The molecule has 0 fully saturated rings. The predicted molar refractivity (Wildman–Crippen MR) is 74.5 cm³/mol. The second kappa shape index (κ2) is 7.47. The molecule has 110 valence electrons. The molecular formula is C14H19FN2O3. The number of hydrogen-bond acceptors (Lipinski definition) is 2. The number of aromatic carboxylic acids is 1. The minimum Gasteiger partial charge on any atom is -0.478 e. The Hall–Kier alpha value is -2.11. The molecule has 0 saturated heterocycles. The minimum absolute atomic E-state index is 0.0186. The Morgan fingerprint density at radius 2 is 2.05 bits per heavy atom. The predicted octanol–water partition coefficient (Wildman–Crippen LogP) is 3.18. The average Bonchev–Trinajstić information content (AvgIpc) is 2.41. The summed E-state index contributed by atoms with van der Waals surface area (Å²) >= 11 is 0. The van der Waals surface area contributed by atoms with E-state index in [-0.39, 0.29) is 17.3 Å². The van der Waals surface area contributed by atoms with Crippen LogP contribution in [0.5, 0.6) is 0 Å². The van der Waals surface area contributed by atoms with Crippen LogP contribution in [0.15, 0.2) is 18.2 Å². The van der Waals surface area contributed by atoms with E-state index in [2.05, 4.69) is 5.32 Å². The molecule has 0 aliphatic rings. The van der Waals surface area contributed by atoms with Gasteiger partial charge in [-0.3, -0.25) is 0 Å². The lowest BCUT2D eigenvalue weighted by molar-refractivity contribution is 0.0696. The number of unbranched alkanes of at least 4 members (excludes halogenated alkanes) is 1. The maximum Gasteiger partial charge on any atom is 0.335 e. The van der Waals surface area contributed by atoms with Gasteiger partial charge in [0.15, 0.2) is 0 Å². The Kier molecular flexibility index (Phi) is 5.96. The highest BCUT2D eigenvalue weighted by Crippen LogP contribution is 2.16. The van der Waals surface area contributed by atoms with Crippen LogP contribution in [-0.4, -0.2) is 35.1 Å². The molecule has 0 aliphatic carbocycles. The van der Waals surface area contributed by atoms with Crippen molar-refractivity contribution in [2.75, 3.05) is 18.4 Å². The summed E-state index contributed by atoms with van der Waals surface area (Å²) in [7, 11) is 0. The maximum atomic E-state index is 13.7. The Morgan fingerprint density at radius 1 is 1.35 bits per heavy atom. The van der Waals surface area contributed by atoms with Gasteiger partial charge in [0.05, 0.1) is 11.3 Å². The highest BCUT2D eigenvalue weighted by atomic mass is 19.1. The summed E-state index contributed by atoms with van der Waals surface area (Å²) in [6.45, 7) is 5.00. The van der Waals surface area contributed by atoms with E-state index in [1.165, 1.54) is 12.1 Å². The van der Waals surface area contributed by atoms with Gasteiger partial charge in [0, 0.05) is 13.1 Å². The number of amides is 2. The van der Waals surface area contributed by atoms with Crippen molar-refractivity contribution in [2.24, 2.45) is 0 Å². The van der Waals surface area contributed by atoms with Gasteiger partial charge in [0.1, 0.15) is 5.82 Å². The van der Waals surface area contributed by atoms with Crippen LogP contribution in [0.2, 0.25) is 0 Å². The molecule has 0 radical (unpaired) electrons. The van der Waals surface area contributed by atoms with Crippen LogP contribution < -0.4 is 5.32 Å². The van der Waals surface area contributed by atoms with Crippen LogP contribution in [0.3, 0.4) is 0 Å². The van der Waals surface area contributed by atoms with Gasteiger partial charge in [0.2, 0.25) is 0 Å². The normalized spacial score (nSPS) is 10.2. The smallest absolute Gasteiger partial charge is 0.335 e. The lowest BCUT2D eigenvalue weighted by atomic mass is 10.2. The molecule has 2 amide bonds. The van der Waals surface area contributed by atoms with Crippen molar-refractivity contribution in [2.45, 2.75) is 26.7 Å². The van der Waals surface area contributed by atoms with Crippen LogP contribution in [0.25, 0.3) is 0 Å². The lowest BCUT2D eigenvalue weighted by Gasteiger charge is -2.21. The number of urea groups is 1. The molecular weight excluding hydrogens is 263 g/mol. The number of anilines is 1. The van der Waals surface area contributed by atoms with Gasteiger partial charge in [-0.15, -0.1) is 0 Å². The number of rotatable bonds is 6. The second-order valence-corrected chi connectivity index (χ2v) is 4.36. The van der Waals surface area contributed by atoms with Gasteiger partial charge in [-0.25, -0.2) is 14.0 Å². The van der Waals surface area contributed by atoms with Crippen molar-refractivity contribution in [1.82, 2.24) is 4.90 Å². The fourth-order valence-electron chi connectivity index (χ4n) is 1.70. The third kappa shape index (κ3) is 4.22. The fourth-order valence-corrected chi connectivity index (χ4v) is 1.70. The first-order chi connectivity index (χ1) is 9.49. The Balaban J connectivity index is 2.76. The molecule has 0 saturated carbocycles. The molecule has 0 atom stereocenters. The Morgan fingerprint density at radius 3 is 2.55 bits per heavy atom. The fraction of sp³-hybridized carbons (Fsp3) is 0.429. The van der Waals surface area contributed by atoms with E-state index in [1.807, 2.05) is 13.8 Å². The summed E-state index contributed by atoms with van der Waals surface area (Å²) in [5.74, 6) is -1.97. The molecule has 0 spiro atoms. The standard InChI is InChI=1S/C14H19FN2O3/c1-3-5-8-17(4-2)14(20)16-12-7-6-10(13(18)19)9-11(12)15/h6-7,9H,3-5,8H2,1-2H3,(H,16,20)(H,18,19). The first kappa shape index (κ1) is 15.9. The van der Waals surface area contributed by atoms with Gasteiger partial charge in [-0.1, -0.05) is 13.3 Å². The first-order valence-electron chi connectivity index (χ1n) is 6.58. The Labute approximate surface area is 117 Å². The third-order valence-corrected chi connectivity index (χ3v) is 2.91. The summed E-state index contributed by atoms with van der Waals surface area (Å²) < 4.78 is 13.7. The van der Waals surface area contributed by atoms with Crippen LogP contribution >= 0.6 is 0 Å².